The van der Waals surface area contributed by atoms with Crippen molar-refractivity contribution in [2.75, 3.05) is 31.1 Å². The molecule has 2 heterocycles. The Bertz CT molecular complexity index is 747. The normalized spacial score (nSPS) is 19.8. The van der Waals surface area contributed by atoms with Crippen LogP contribution in [-0.4, -0.2) is 57.8 Å². The Morgan fingerprint density at radius 2 is 1.96 bits per heavy atom. The molecule has 1 aromatic heterocycles. The summed E-state index contributed by atoms with van der Waals surface area (Å²) in [5.41, 5.74) is -0.222. The molecule has 0 amide bonds. The minimum absolute atomic E-state index is 0.0972. The van der Waals surface area contributed by atoms with Gasteiger partial charge >= 0.3 is 0 Å². The van der Waals surface area contributed by atoms with Gasteiger partial charge in [-0.25, -0.2) is 18.7 Å². The van der Waals surface area contributed by atoms with Crippen LogP contribution in [0.2, 0.25) is 0 Å². The van der Waals surface area contributed by atoms with Crippen LogP contribution in [0.25, 0.3) is 10.9 Å². The van der Waals surface area contributed by atoms with Gasteiger partial charge in [-0.3, -0.25) is 4.90 Å². The predicted molar refractivity (Wildman–Crippen MR) is 94.0 cm³/mol. The molecule has 136 valence electrons. The molecule has 1 unspecified atom stereocenters. The van der Waals surface area contributed by atoms with E-state index < -0.39 is 17.9 Å². The average molecular weight is 350 g/mol. The zero-order valence-electron chi connectivity index (χ0n) is 14.8. The van der Waals surface area contributed by atoms with Gasteiger partial charge in [-0.1, -0.05) is 12.1 Å². The van der Waals surface area contributed by atoms with Crippen molar-refractivity contribution >= 4 is 16.7 Å². The summed E-state index contributed by atoms with van der Waals surface area (Å²) < 4.78 is 26.4. The van der Waals surface area contributed by atoms with Crippen LogP contribution >= 0.6 is 0 Å². The van der Waals surface area contributed by atoms with Gasteiger partial charge in [0.1, 0.15) is 5.82 Å². The van der Waals surface area contributed by atoms with Crippen molar-refractivity contribution in [2.45, 2.75) is 38.8 Å². The van der Waals surface area contributed by atoms with Gasteiger partial charge in [0.25, 0.3) is 6.43 Å². The molecule has 1 aromatic carbocycles. The standard InChI is InChI=1S/C18H24F2N4O/c1-12-10-23(11-18(2,3)25)8-9-24(12)17-13-6-4-5-7-14(13)21-16(22-17)15(19)20/h4-7,12,15,25H,8-11H2,1-3H3. The summed E-state index contributed by atoms with van der Waals surface area (Å²) in [6.45, 7) is 8.37. The van der Waals surface area contributed by atoms with Gasteiger partial charge in [-0.05, 0) is 32.9 Å². The lowest BCUT2D eigenvalue weighted by molar-refractivity contribution is 0.0307. The molecule has 0 bridgehead atoms. The number of aromatic nitrogens is 2. The second-order valence-electron chi connectivity index (χ2n) is 7.31. The number of halogens is 2. The second kappa shape index (κ2) is 6.80. The number of piperazine rings is 1. The lowest BCUT2D eigenvalue weighted by atomic mass is 10.1. The zero-order chi connectivity index (χ0) is 18.2. The number of alkyl halides is 2. The molecule has 2 aromatic rings. The largest absolute Gasteiger partial charge is 0.389 e. The molecule has 0 aliphatic carbocycles. The molecule has 1 saturated heterocycles. The van der Waals surface area contributed by atoms with E-state index in [-0.39, 0.29) is 6.04 Å². The molecular formula is C18H24F2N4O. The van der Waals surface area contributed by atoms with Gasteiger partial charge in [0.2, 0.25) is 0 Å². The first-order valence-electron chi connectivity index (χ1n) is 8.51. The van der Waals surface area contributed by atoms with E-state index in [2.05, 4.69) is 26.7 Å². The molecular weight excluding hydrogens is 326 g/mol. The third-order valence-electron chi connectivity index (χ3n) is 4.39. The highest BCUT2D eigenvalue weighted by atomic mass is 19.3. The van der Waals surface area contributed by atoms with E-state index in [1.165, 1.54) is 0 Å². The first kappa shape index (κ1) is 17.9. The van der Waals surface area contributed by atoms with Gasteiger partial charge in [0, 0.05) is 37.6 Å². The Labute approximate surface area is 146 Å². The minimum atomic E-state index is -2.70. The maximum atomic E-state index is 13.2. The minimum Gasteiger partial charge on any atom is -0.389 e. The van der Waals surface area contributed by atoms with Crippen LogP contribution < -0.4 is 4.90 Å². The third kappa shape index (κ3) is 4.04. The number of benzene rings is 1. The highest BCUT2D eigenvalue weighted by molar-refractivity contribution is 5.89. The fourth-order valence-corrected chi connectivity index (χ4v) is 3.43. The summed E-state index contributed by atoms with van der Waals surface area (Å²) >= 11 is 0. The molecule has 5 nitrogen and oxygen atoms in total. The molecule has 0 spiro atoms. The van der Waals surface area contributed by atoms with Crippen molar-refractivity contribution in [3.8, 4) is 0 Å². The SMILES string of the molecule is CC1CN(CC(C)(C)O)CCN1c1nc(C(F)F)nc2ccccc12. The topological polar surface area (TPSA) is 52.5 Å². The van der Waals surface area contributed by atoms with E-state index in [1.54, 1.807) is 26.0 Å². The van der Waals surface area contributed by atoms with Crippen LogP contribution in [0.1, 0.15) is 33.0 Å². The van der Waals surface area contributed by atoms with Crippen LogP contribution in [0.5, 0.6) is 0 Å². The van der Waals surface area contributed by atoms with Gasteiger partial charge in [-0.15, -0.1) is 0 Å². The van der Waals surface area contributed by atoms with Crippen LogP contribution in [0.15, 0.2) is 24.3 Å². The number of aliphatic hydroxyl groups is 1. The Hall–Kier alpha value is -1.86. The van der Waals surface area contributed by atoms with Crippen molar-refractivity contribution in [3.63, 3.8) is 0 Å². The number of β-amino-alcohol motifs (C(OH)–C–C–N with tert-alkyl or cyclic N) is 1. The molecule has 1 N–H and O–H groups in total. The zero-order valence-corrected chi connectivity index (χ0v) is 14.8. The second-order valence-corrected chi connectivity index (χ2v) is 7.31. The number of hydrogen-bond donors (Lipinski definition) is 1. The van der Waals surface area contributed by atoms with E-state index in [4.69, 9.17) is 0 Å². The smallest absolute Gasteiger partial charge is 0.297 e. The number of para-hydroxylation sites is 1. The summed E-state index contributed by atoms with van der Waals surface area (Å²) in [6, 6.07) is 7.36. The highest BCUT2D eigenvalue weighted by Crippen LogP contribution is 2.29. The Kier molecular flexibility index (Phi) is 4.88. The van der Waals surface area contributed by atoms with Crippen molar-refractivity contribution in [1.29, 1.82) is 0 Å². The van der Waals surface area contributed by atoms with Crippen molar-refractivity contribution < 1.29 is 13.9 Å². The molecule has 1 aliphatic rings. The molecule has 25 heavy (non-hydrogen) atoms. The predicted octanol–water partition coefficient (Wildman–Crippen LogP) is 2.85. The first-order chi connectivity index (χ1) is 11.7. The average Bonchev–Trinajstić information content (AvgIpc) is 2.52. The van der Waals surface area contributed by atoms with Gasteiger partial charge in [0.05, 0.1) is 11.1 Å². The molecule has 0 saturated carbocycles. The molecule has 1 fully saturated rings. The van der Waals surface area contributed by atoms with Crippen molar-refractivity contribution in [3.05, 3.63) is 30.1 Å². The fourth-order valence-electron chi connectivity index (χ4n) is 3.43. The molecule has 1 aliphatic heterocycles. The highest BCUT2D eigenvalue weighted by Gasteiger charge is 2.29. The summed E-state index contributed by atoms with van der Waals surface area (Å²) in [5, 5.41) is 10.8. The van der Waals surface area contributed by atoms with Gasteiger partial charge in [-0.2, -0.15) is 0 Å². The maximum Gasteiger partial charge on any atom is 0.297 e. The molecule has 7 heteroatoms. The Morgan fingerprint density at radius 3 is 2.60 bits per heavy atom. The lowest BCUT2D eigenvalue weighted by Gasteiger charge is -2.42. The Morgan fingerprint density at radius 1 is 1.24 bits per heavy atom. The van der Waals surface area contributed by atoms with Crippen LogP contribution in [-0.2, 0) is 0 Å². The van der Waals surface area contributed by atoms with Crippen LogP contribution in [0.3, 0.4) is 0 Å². The molecule has 0 radical (unpaired) electrons. The van der Waals surface area contributed by atoms with Gasteiger partial charge in [0.15, 0.2) is 5.82 Å². The van der Waals surface area contributed by atoms with E-state index in [1.807, 2.05) is 12.1 Å². The quantitative estimate of drug-likeness (QED) is 0.919. The van der Waals surface area contributed by atoms with Crippen molar-refractivity contribution in [2.24, 2.45) is 0 Å². The summed E-state index contributed by atoms with van der Waals surface area (Å²) in [6.07, 6.45) is -2.70. The molecule has 3 rings (SSSR count). The number of fused-ring (bicyclic) bond motifs is 1. The number of nitrogens with zero attached hydrogens (tertiary/aromatic N) is 4. The van der Waals surface area contributed by atoms with Crippen LogP contribution in [0, 0.1) is 0 Å². The van der Waals surface area contributed by atoms with E-state index in [0.29, 0.717) is 24.4 Å². The van der Waals surface area contributed by atoms with Crippen molar-refractivity contribution in [1.82, 2.24) is 14.9 Å². The summed E-state index contributed by atoms with van der Waals surface area (Å²) in [7, 11) is 0. The van der Waals surface area contributed by atoms with E-state index in [9.17, 15) is 13.9 Å². The number of anilines is 1. The monoisotopic (exact) mass is 350 g/mol. The van der Waals surface area contributed by atoms with E-state index >= 15 is 0 Å². The van der Waals surface area contributed by atoms with Gasteiger partial charge < -0.3 is 10.0 Å². The first-order valence-corrected chi connectivity index (χ1v) is 8.51. The summed E-state index contributed by atoms with van der Waals surface area (Å²) in [5.74, 6) is 0.135. The summed E-state index contributed by atoms with van der Waals surface area (Å²) in [4.78, 5) is 12.4. The lowest BCUT2D eigenvalue weighted by Crippen LogP contribution is -2.55. The van der Waals surface area contributed by atoms with E-state index in [0.717, 1.165) is 18.5 Å². The molecule has 1 atom stereocenters. The number of rotatable bonds is 4. The maximum absolute atomic E-state index is 13.2. The third-order valence-corrected chi connectivity index (χ3v) is 4.39. The van der Waals surface area contributed by atoms with Crippen LogP contribution in [0.4, 0.5) is 14.6 Å². The number of hydrogen-bond acceptors (Lipinski definition) is 5. The Balaban J connectivity index is 1.91. The fraction of sp³-hybridized carbons (Fsp3) is 0.556.